The van der Waals surface area contributed by atoms with Crippen molar-refractivity contribution in [2.45, 2.75) is 31.1 Å². The van der Waals surface area contributed by atoms with Crippen LogP contribution in [0.2, 0.25) is 0 Å². The topological polar surface area (TPSA) is 101 Å². The summed E-state index contributed by atoms with van der Waals surface area (Å²) in [7, 11) is -3.69. The molecule has 1 fully saturated rings. The molecule has 0 heterocycles. The van der Waals surface area contributed by atoms with Crippen molar-refractivity contribution in [3.8, 4) is 0 Å². The lowest BCUT2D eigenvalue weighted by atomic mass is 10.2. The average molecular weight is 313 g/mol. The van der Waals surface area contributed by atoms with Crippen molar-refractivity contribution in [3.63, 3.8) is 0 Å². The lowest BCUT2D eigenvalue weighted by Crippen LogP contribution is -2.26. The van der Waals surface area contributed by atoms with Crippen LogP contribution < -0.4 is 10.0 Å². The Labute approximate surface area is 123 Å². The highest BCUT2D eigenvalue weighted by molar-refractivity contribution is 7.89. The summed E-state index contributed by atoms with van der Waals surface area (Å²) in [6.45, 7) is 2.93. The number of nitrogens with one attached hydrogen (secondary N) is 2. The Morgan fingerprint density at radius 2 is 2.10 bits per heavy atom. The van der Waals surface area contributed by atoms with E-state index in [1.165, 1.54) is 12.1 Å². The zero-order chi connectivity index (χ0) is 15.5. The molecule has 2 rings (SSSR count). The average Bonchev–Trinajstić information content (AvgIpc) is 3.27. The molecule has 0 unspecified atom stereocenters. The van der Waals surface area contributed by atoms with E-state index in [0.29, 0.717) is 24.7 Å². The maximum atomic E-state index is 12.1. The third-order valence-electron chi connectivity index (χ3n) is 3.30. The zero-order valence-electron chi connectivity index (χ0n) is 11.8. The molecule has 0 atom stereocenters. The number of nitrogens with zero attached hydrogens (tertiary/aromatic N) is 1. The van der Waals surface area contributed by atoms with Gasteiger partial charge >= 0.3 is 0 Å². The first-order valence-electron chi connectivity index (χ1n) is 6.96. The number of nitro groups is 1. The molecule has 0 spiro atoms. The molecule has 1 saturated carbocycles. The van der Waals surface area contributed by atoms with Gasteiger partial charge in [-0.15, -0.1) is 0 Å². The van der Waals surface area contributed by atoms with Gasteiger partial charge in [0.25, 0.3) is 5.69 Å². The predicted octanol–water partition coefficient (Wildman–Crippen LogP) is 2.10. The molecule has 0 saturated heterocycles. The highest BCUT2D eigenvalue weighted by atomic mass is 32.2. The molecule has 8 heteroatoms. The monoisotopic (exact) mass is 313 g/mol. The summed E-state index contributed by atoms with van der Waals surface area (Å²) in [5.41, 5.74) is 0.112. The van der Waals surface area contributed by atoms with Crippen molar-refractivity contribution in [2.75, 3.05) is 18.4 Å². The van der Waals surface area contributed by atoms with E-state index in [4.69, 9.17) is 0 Å². The normalized spacial score (nSPS) is 14.9. The molecule has 1 aliphatic carbocycles. The Balaban J connectivity index is 2.23. The first kappa shape index (κ1) is 15.7. The van der Waals surface area contributed by atoms with Gasteiger partial charge in [0.15, 0.2) is 0 Å². The summed E-state index contributed by atoms with van der Waals surface area (Å²) in [6, 6.07) is 3.94. The molecule has 1 aliphatic rings. The van der Waals surface area contributed by atoms with Crippen LogP contribution in [0.3, 0.4) is 0 Å². The van der Waals surface area contributed by atoms with Crippen molar-refractivity contribution in [1.82, 2.24) is 4.72 Å². The predicted molar refractivity (Wildman–Crippen MR) is 79.8 cm³/mol. The van der Waals surface area contributed by atoms with Crippen LogP contribution in [0.15, 0.2) is 23.1 Å². The second-order valence-electron chi connectivity index (χ2n) is 5.16. The molecule has 21 heavy (non-hydrogen) atoms. The summed E-state index contributed by atoms with van der Waals surface area (Å²) >= 11 is 0. The van der Waals surface area contributed by atoms with E-state index in [9.17, 15) is 18.5 Å². The van der Waals surface area contributed by atoms with Gasteiger partial charge in [0.1, 0.15) is 5.69 Å². The molecular weight excluding hydrogens is 294 g/mol. The second kappa shape index (κ2) is 6.40. The Morgan fingerprint density at radius 3 is 2.67 bits per heavy atom. The van der Waals surface area contributed by atoms with Crippen LogP contribution in [0.25, 0.3) is 0 Å². The van der Waals surface area contributed by atoms with Gasteiger partial charge in [-0.1, -0.05) is 6.92 Å². The fourth-order valence-corrected chi connectivity index (χ4v) is 3.01. The maximum absolute atomic E-state index is 12.1. The van der Waals surface area contributed by atoms with Crippen LogP contribution in [0, 0.1) is 16.0 Å². The molecule has 0 radical (unpaired) electrons. The third-order valence-corrected chi connectivity index (χ3v) is 4.72. The van der Waals surface area contributed by atoms with Crippen LogP contribution in [-0.4, -0.2) is 26.4 Å². The van der Waals surface area contributed by atoms with E-state index in [1.807, 2.05) is 6.92 Å². The molecule has 0 aromatic heterocycles. The van der Waals surface area contributed by atoms with Crippen molar-refractivity contribution in [1.29, 1.82) is 0 Å². The van der Waals surface area contributed by atoms with Crippen molar-refractivity contribution in [2.24, 2.45) is 5.92 Å². The fourth-order valence-electron chi connectivity index (χ4n) is 1.87. The van der Waals surface area contributed by atoms with Crippen LogP contribution in [0.5, 0.6) is 0 Å². The van der Waals surface area contributed by atoms with E-state index in [0.717, 1.165) is 25.3 Å². The van der Waals surface area contributed by atoms with Gasteiger partial charge in [-0.05, 0) is 37.3 Å². The van der Waals surface area contributed by atoms with Crippen LogP contribution in [0.4, 0.5) is 11.4 Å². The summed E-state index contributed by atoms with van der Waals surface area (Å²) in [5, 5.41) is 14.0. The molecule has 2 N–H and O–H groups in total. The number of hydrogen-bond donors (Lipinski definition) is 2. The molecule has 0 aliphatic heterocycles. The summed E-state index contributed by atoms with van der Waals surface area (Å²) in [4.78, 5) is 10.4. The summed E-state index contributed by atoms with van der Waals surface area (Å²) in [6.07, 6.45) is 2.88. The molecule has 0 bridgehead atoms. The Bertz CT molecular complexity index is 626. The molecule has 116 valence electrons. The summed E-state index contributed by atoms with van der Waals surface area (Å²) < 4.78 is 26.7. The number of nitro benzene ring substituents is 1. The Kier molecular flexibility index (Phi) is 4.79. The van der Waals surface area contributed by atoms with Crippen LogP contribution >= 0.6 is 0 Å². The number of anilines is 1. The standard InChI is InChI=1S/C13H19N3O4S/c1-2-7-14-12-6-5-11(8-13(12)16(17)18)21(19,20)15-9-10-3-4-10/h5-6,8,10,14-15H,2-4,7,9H2,1H3. The van der Waals surface area contributed by atoms with Gasteiger partial charge in [-0.25, -0.2) is 13.1 Å². The van der Waals surface area contributed by atoms with E-state index in [2.05, 4.69) is 10.0 Å². The smallest absolute Gasteiger partial charge is 0.293 e. The first-order chi connectivity index (χ1) is 9.94. The maximum Gasteiger partial charge on any atom is 0.293 e. The van der Waals surface area contributed by atoms with Crippen molar-refractivity contribution >= 4 is 21.4 Å². The number of rotatable bonds is 8. The van der Waals surface area contributed by atoms with Crippen molar-refractivity contribution in [3.05, 3.63) is 28.3 Å². The van der Waals surface area contributed by atoms with Crippen LogP contribution in [0.1, 0.15) is 26.2 Å². The van der Waals surface area contributed by atoms with Gasteiger partial charge in [-0.2, -0.15) is 0 Å². The minimum atomic E-state index is -3.69. The molecule has 0 amide bonds. The van der Waals surface area contributed by atoms with Gasteiger partial charge in [0.2, 0.25) is 10.0 Å². The first-order valence-corrected chi connectivity index (χ1v) is 8.44. The second-order valence-corrected chi connectivity index (χ2v) is 6.93. The lowest BCUT2D eigenvalue weighted by Gasteiger charge is -2.09. The van der Waals surface area contributed by atoms with Gasteiger partial charge in [0.05, 0.1) is 9.82 Å². The molecule has 7 nitrogen and oxygen atoms in total. The van der Waals surface area contributed by atoms with Crippen LogP contribution in [-0.2, 0) is 10.0 Å². The SMILES string of the molecule is CCCNc1ccc(S(=O)(=O)NCC2CC2)cc1[N+](=O)[O-]. The highest BCUT2D eigenvalue weighted by Gasteiger charge is 2.26. The number of hydrogen-bond acceptors (Lipinski definition) is 5. The lowest BCUT2D eigenvalue weighted by molar-refractivity contribution is -0.384. The Morgan fingerprint density at radius 1 is 1.38 bits per heavy atom. The zero-order valence-corrected chi connectivity index (χ0v) is 12.6. The Hall–Kier alpha value is -1.67. The summed E-state index contributed by atoms with van der Waals surface area (Å²) in [5.74, 6) is 0.403. The van der Waals surface area contributed by atoms with E-state index in [-0.39, 0.29) is 10.6 Å². The van der Waals surface area contributed by atoms with Gasteiger partial charge < -0.3 is 5.32 Å². The number of benzene rings is 1. The van der Waals surface area contributed by atoms with Gasteiger partial charge in [-0.3, -0.25) is 10.1 Å². The van der Waals surface area contributed by atoms with E-state index >= 15 is 0 Å². The fraction of sp³-hybridized carbons (Fsp3) is 0.538. The van der Waals surface area contributed by atoms with E-state index < -0.39 is 14.9 Å². The molecule has 1 aromatic carbocycles. The highest BCUT2D eigenvalue weighted by Crippen LogP contribution is 2.30. The molecule has 1 aromatic rings. The minimum Gasteiger partial charge on any atom is -0.380 e. The largest absolute Gasteiger partial charge is 0.380 e. The number of sulfonamides is 1. The van der Waals surface area contributed by atoms with Crippen molar-refractivity contribution < 1.29 is 13.3 Å². The molecular formula is C13H19N3O4S. The third kappa shape index (κ3) is 4.15. The minimum absolute atomic E-state index is 0.0723. The van der Waals surface area contributed by atoms with Gasteiger partial charge in [0, 0.05) is 19.2 Å². The van der Waals surface area contributed by atoms with E-state index in [1.54, 1.807) is 0 Å². The quantitative estimate of drug-likeness (QED) is 0.565.